The molecule has 1 aliphatic heterocycles. The molecule has 1 fully saturated rings. The zero-order valence-corrected chi connectivity index (χ0v) is 34.9. The van der Waals surface area contributed by atoms with Crippen LogP contribution in [0, 0.1) is 17.8 Å². The molecular formula is C58H51N3. The summed E-state index contributed by atoms with van der Waals surface area (Å²) in [6.07, 6.45) is 21.8. The third kappa shape index (κ3) is 6.00. The van der Waals surface area contributed by atoms with Gasteiger partial charge in [0.1, 0.15) is 0 Å². The first-order chi connectivity index (χ1) is 30.2. The van der Waals surface area contributed by atoms with Crippen molar-refractivity contribution in [2.75, 3.05) is 7.05 Å². The number of rotatable bonds is 6. The van der Waals surface area contributed by atoms with Crippen molar-refractivity contribution in [3.05, 3.63) is 209 Å². The number of hydrogen-bond acceptors (Lipinski definition) is 2. The van der Waals surface area contributed by atoms with Gasteiger partial charge in [0.05, 0.1) is 22.3 Å². The predicted molar refractivity (Wildman–Crippen MR) is 256 cm³/mol. The fourth-order valence-corrected chi connectivity index (χ4v) is 12.1. The van der Waals surface area contributed by atoms with E-state index in [1.54, 1.807) is 5.57 Å². The molecule has 298 valence electrons. The lowest BCUT2D eigenvalue weighted by Gasteiger charge is -2.45. The van der Waals surface area contributed by atoms with Gasteiger partial charge in [-0.3, -0.25) is 4.99 Å². The topological polar surface area (TPSA) is 29.3 Å². The molecular weight excluding hydrogens is 739 g/mol. The van der Waals surface area contributed by atoms with E-state index in [1.165, 1.54) is 82.4 Å². The van der Waals surface area contributed by atoms with Crippen LogP contribution in [-0.2, 0) is 0 Å². The summed E-state index contributed by atoms with van der Waals surface area (Å²) in [5, 5.41) is 11.9. The molecule has 1 aromatic heterocycles. The second-order valence-electron chi connectivity index (χ2n) is 18.1. The van der Waals surface area contributed by atoms with Crippen molar-refractivity contribution in [3.8, 4) is 5.69 Å². The molecule has 12 rings (SSSR count). The van der Waals surface area contributed by atoms with Crippen LogP contribution in [0.3, 0.4) is 0 Å². The van der Waals surface area contributed by atoms with Crippen LogP contribution in [0.15, 0.2) is 192 Å². The van der Waals surface area contributed by atoms with Crippen LogP contribution in [0.4, 0.5) is 0 Å². The van der Waals surface area contributed by atoms with Crippen LogP contribution in [-0.4, -0.2) is 22.9 Å². The Morgan fingerprint density at radius 1 is 0.705 bits per heavy atom. The smallest absolute Gasteiger partial charge is 0.0657 e. The lowest BCUT2D eigenvalue weighted by Crippen LogP contribution is -2.48. The molecule has 0 bridgehead atoms. The highest BCUT2D eigenvalue weighted by Crippen LogP contribution is 2.53. The van der Waals surface area contributed by atoms with Crippen LogP contribution in [0.5, 0.6) is 0 Å². The minimum atomic E-state index is -0.248. The maximum Gasteiger partial charge on any atom is 0.0657 e. The van der Waals surface area contributed by atoms with Crippen molar-refractivity contribution < 1.29 is 0 Å². The van der Waals surface area contributed by atoms with Crippen molar-refractivity contribution in [3.63, 3.8) is 0 Å². The lowest BCUT2D eigenvalue weighted by molar-refractivity contribution is 0.307. The van der Waals surface area contributed by atoms with E-state index in [9.17, 15) is 0 Å². The molecule has 5 aliphatic rings. The Bertz CT molecular complexity index is 3190. The minimum Gasteiger partial charge on any atom is -0.309 e. The lowest BCUT2D eigenvalue weighted by atomic mass is 9.59. The third-order valence-corrected chi connectivity index (χ3v) is 15.0. The summed E-state index contributed by atoms with van der Waals surface area (Å²) in [4.78, 5) is 5.65. The predicted octanol–water partition coefficient (Wildman–Crippen LogP) is 12.0. The number of hydrogen-bond donors (Lipinski definition) is 1. The van der Waals surface area contributed by atoms with Gasteiger partial charge in [0.15, 0.2) is 0 Å². The van der Waals surface area contributed by atoms with Crippen LogP contribution >= 0.6 is 0 Å². The van der Waals surface area contributed by atoms with E-state index >= 15 is 0 Å². The molecule has 5 atom stereocenters. The molecule has 0 radical (unpaired) electrons. The van der Waals surface area contributed by atoms with Gasteiger partial charge in [-0.15, -0.1) is 0 Å². The molecule has 0 saturated heterocycles. The summed E-state index contributed by atoms with van der Waals surface area (Å²) in [7, 11) is 2.16. The molecule has 3 nitrogen and oxygen atoms in total. The van der Waals surface area contributed by atoms with Gasteiger partial charge >= 0.3 is 0 Å². The minimum absolute atomic E-state index is 0.248. The Hall–Kier alpha value is -6.29. The van der Waals surface area contributed by atoms with Gasteiger partial charge in [0.2, 0.25) is 0 Å². The zero-order chi connectivity index (χ0) is 40.5. The van der Waals surface area contributed by atoms with Crippen molar-refractivity contribution in [1.29, 1.82) is 0 Å². The number of allylic oxidation sites excluding steroid dienone is 6. The number of aromatic nitrogens is 1. The Labute approximate surface area is 358 Å². The summed E-state index contributed by atoms with van der Waals surface area (Å²) >= 11 is 0. The molecule has 1 N–H and O–H groups in total. The number of nitrogens with zero attached hydrogens (tertiary/aromatic N) is 2. The Kier molecular flexibility index (Phi) is 8.82. The molecule has 0 amide bonds. The summed E-state index contributed by atoms with van der Waals surface area (Å²) in [5.41, 5.74) is 13.3. The van der Waals surface area contributed by atoms with Gasteiger partial charge in [-0.25, -0.2) is 0 Å². The normalized spacial score (nSPS) is 24.6. The average Bonchev–Trinajstić information content (AvgIpc) is 3.67. The van der Waals surface area contributed by atoms with E-state index < -0.39 is 0 Å². The fraction of sp³-hybridized carbons (Fsp3) is 0.224. The maximum absolute atomic E-state index is 5.65. The summed E-state index contributed by atoms with van der Waals surface area (Å²) in [6.45, 7) is 0. The summed E-state index contributed by atoms with van der Waals surface area (Å²) < 4.78 is 2.51. The van der Waals surface area contributed by atoms with Gasteiger partial charge in [-0.2, -0.15) is 0 Å². The maximum atomic E-state index is 5.65. The van der Waals surface area contributed by atoms with Crippen molar-refractivity contribution in [2.45, 2.75) is 56.4 Å². The van der Waals surface area contributed by atoms with E-state index in [0.29, 0.717) is 23.7 Å². The number of fused-ring (bicyclic) bond motifs is 8. The SMILES string of the molecule is CN[C@]1(C2=CC=CCC2)C=C(C2CCC3=c4ccccc4=C4C=CCC(c5ccc6c7ccccc7n(-c7ccc8ccccc8c7)c6c5)C4C3C2)N=C(c2ccccc2)C1. The van der Waals surface area contributed by atoms with Crippen LogP contribution in [0.25, 0.3) is 49.4 Å². The average molecular weight is 790 g/mol. The molecule has 7 aromatic rings. The van der Waals surface area contributed by atoms with Gasteiger partial charge in [0, 0.05) is 34.5 Å². The number of benzene rings is 6. The molecule has 0 spiro atoms. The van der Waals surface area contributed by atoms with Crippen LogP contribution in [0.2, 0.25) is 0 Å². The van der Waals surface area contributed by atoms with Gasteiger partial charge in [0.25, 0.3) is 0 Å². The summed E-state index contributed by atoms with van der Waals surface area (Å²) in [5.74, 6) is 1.55. The second-order valence-corrected chi connectivity index (χ2v) is 18.1. The van der Waals surface area contributed by atoms with Crippen molar-refractivity contribution in [2.24, 2.45) is 22.7 Å². The van der Waals surface area contributed by atoms with Crippen LogP contribution in [0.1, 0.15) is 62.0 Å². The monoisotopic (exact) mass is 789 g/mol. The highest BCUT2D eigenvalue weighted by atomic mass is 15.0. The number of para-hydroxylation sites is 1. The fourth-order valence-electron chi connectivity index (χ4n) is 12.1. The van der Waals surface area contributed by atoms with E-state index in [4.69, 9.17) is 4.99 Å². The zero-order valence-electron chi connectivity index (χ0n) is 34.9. The second kappa shape index (κ2) is 14.7. The molecule has 2 heterocycles. The van der Waals surface area contributed by atoms with E-state index in [-0.39, 0.29) is 5.54 Å². The van der Waals surface area contributed by atoms with Gasteiger partial charge < -0.3 is 9.88 Å². The standard InChI is InChI=1S/C58H51N3/c1-59-58(43-19-6-3-7-20-43)36-53(39-16-4-2-5-17-39)60-54(37-58)42-29-31-48-46-21-10-11-22-47(46)51-25-14-24-45(57(51)52(48)34-42)41-28-32-50-49-23-12-13-26-55(49)61(56(50)35-41)44-30-27-38-15-8-9-18-40(38)33-44/h2-6,8-19,21-23,25-28,30,32-33,35,37,42,45,52,57,59H,7,20,24,29,31,34,36H2,1H3/t42?,45?,52?,57?,58-/m0/s1. The largest absolute Gasteiger partial charge is 0.309 e. The first kappa shape index (κ1) is 36.6. The Morgan fingerprint density at radius 3 is 2.38 bits per heavy atom. The van der Waals surface area contributed by atoms with Crippen LogP contribution < -0.4 is 15.8 Å². The first-order valence-electron chi connectivity index (χ1n) is 22.6. The van der Waals surface area contributed by atoms with Crippen molar-refractivity contribution in [1.82, 2.24) is 9.88 Å². The van der Waals surface area contributed by atoms with Gasteiger partial charge in [-0.1, -0.05) is 151 Å². The van der Waals surface area contributed by atoms with Crippen molar-refractivity contribution >= 4 is 49.4 Å². The number of likely N-dealkylation sites (N-methyl/N-ethyl adjacent to an activating group) is 1. The number of nitrogens with one attached hydrogen (secondary N) is 1. The highest BCUT2D eigenvalue weighted by molar-refractivity contribution is 6.09. The number of aliphatic imine (C=N–C) groups is 1. The Balaban J connectivity index is 0.991. The van der Waals surface area contributed by atoms with E-state index in [2.05, 4.69) is 193 Å². The van der Waals surface area contributed by atoms with Gasteiger partial charge in [-0.05, 0) is 137 Å². The van der Waals surface area contributed by atoms with E-state index in [1.807, 2.05) is 0 Å². The first-order valence-corrected chi connectivity index (χ1v) is 22.6. The Morgan fingerprint density at radius 2 is 1.51 bits per heavy atom. The van der Waals surface area contributed by atoms with E-state index in [0.717, 1.165) is 44.9 Å². The molecule has 3 heteroatoms. The molecule has 4 unspecified atom stereocenters. The molecule has 61 heavy (non-hydrogen) atoms. The quantitative estimate of drug-likeness (QED) is 0.179. The molecule has 1 saturated carbocycles. The summed E-state index contributed by atoms with van der Waals surface area (Å²) in [6, 6.07) is 52.3. The molecule has 4 aliphatic carbocycles. The molecule has 6 aromatic carbocycles. The highest BCUT2D eigenvalue weighted by Gasteiger charge is 2.44. The third-order valence-electron chi connectivity index (χ3n) is 15.0.